The van der Waals surface area contributed by atoms with Crippen LogP contribution in [0.1, 0.15) is 6.42 Å². The lowest BCUT2D eigenvalue weighted by Crippen LogP contribution is -2.44. The number of aliphatic carboxylic acids is 1. The van der Waals surface area contributed by atoms with Crippen molar-refractivity contribution in [2.75, 3.05) is 19.6 Å². The summed E-state index contributed by atoms with van der Waals surface area (Å²) in [7, 11) is 0. The van der Waals surface area contributed by atoms with Crippen molar-refractivity contribution in [1.29, 1.82) is 0 Å². The summed E-state index contributed by atoms with van der Waals surface area (Å²) in [5, 5.41) is 21.0. The average molecular weight is 228 g/mol. The molecule has 1 aliphatic rings. The largest absolute Gasteiger partial charge is 0.480 e. The Labute approximate surface area is 93.5 Å². The molecular formula is C10H16N2O4. The van der Waals surface area contributed by atoms with E-state index in [-0.39, 0.29) is 25.4 Å². The first-order chi connectivity index (χ1) is 7.56. The number of aliphatic hydroxyl groups excluding tert-OH is 1. The van der Waals surface area contributed by atoms with Crippen molar-refractivity contribution < 1.29 is 19.8 Å². The van der Waals surface area contributed by atoms with Crippen molar-refractivity contribution in [2.45, 2.75) is 18.6 Å². The van der Waals surface area contributed by atoms with Crippen LogP contribution in [-0.2, 0) is 9.59 Å². The Morgan fingerprint density at radius 1 is 1.56 bits per heavy atom. The third-order valence-corrected chi connectivity index (χ3v) is 2.45. The van der Waals surface area contributed by atoms with Gasteiger partial charge in [-0.25, -0.2) is 4.79 Å². The van der Waals surface area contributed by atoms with Gasteiger partial charge in [-0.2, -0.15) is 0 Å². The van der Waals surface area contributed by atoms with Gasteiger partial charge in [0.15, 0.2) is 0 Å². The van der Waals surface area contributed by atoms with E-state index in [0.717, 1.165) is 0 Å². The quantitative estimate of drug-likeness (QED) is 0.406. The second kappa shape index (κ2) is 5.62. The normalized spacial score (nSPS) is 24.4. The first-order valence-electron chi connectivity index (χ1n) is 5.08. The molecule has 0 spiro atoms. The molecule has 0 aromatic carbocycles. The second-order valence-electron chi connectivity index (χ2n) is 3.71. The predicted octanol–water partition coefficient (Wildman–Crippen LogP) is -1.19. The topological polar surface area (TPSA) is 89.9 Å². The highest BCUT2D eigenvalue weighted by molar-refractivity contribution is 5.85. The summed E-state index contributed by atoms with van der Waals surface area (Å²) in [5.41, 5.74) is 0. The van der Waals surface area contributed by atoms with E-state index in [1.165, 1.54) is 4.90 Å². The Hall–Kier alpha value is -1.40. The number of amides is 1. The smallest absolute Gasteiger partial charge is 0.326 e. The highest BCUT2D eigenvalue weighted by atomic mass is 16.4. The lowest BCUT2D eigenvalue weighted by molar-refractivity contribution is -0.147. The van der Waals surface area contributed by atoms with Gasteiger partial charge in [-0.1, -0.05) is 6.08 Å². The highest BCUT2D eigenvalue weighted by Crippen LogP contribution is 2.17. The van der Waals surface area contributed by atoms with Crippen molar-refractivity contribution in [3.05, 3.63) is 12.7 Å². The van der Waals surface area contributed by atoms with Gasteiger partial charge in [-0.15, -0.1) is 6.58 Å². The van der Waals surface area contributed by atoms with Gasteiger partial charge in [0, 0.05) is 19.5 Å². The van der Waals surface area contributed by atoms with Gasteiger partial charge in [0.05, 0.1) is 12.6 Å². The van der Waals surface area contributed by atoms with Gasteiger partial charge in [0.2, 0.25) is 5.91 Å². The predicted molar refractivity (Wildman–Crippen MR) is 56.8 cm³/mol. The zero-order valence-electron chi connectivity index (χ0n) is 8.93. The summed E-state index contributed by atoms with van der Waals surface area (Å²) in [6.07, 6.45) is 0.966. The minimum Gasteiger partial charge on any atom is -0.480 e. The summed E-state index contributed by atoms with van der Waals surface area (Å²) >= 11 is 0. The standard InChI is InChI=1S/C10H16N2O4/c1-2-3-11-5-9(14)12-6-7(13)4-8(12)10(15)16/h2,7-8,11,13H,1,3-6H2,(H,15,16)/t7-,8+/m1/s1. The number of rotatable bonds is 5. The summed E-state index contributed by atoms with van der Waals surface area (Å²) < 4.78 is 0. The Morgan fingerprint density at radius 2 is 2.25 bits per heavy atom. The van der Waals surface area contributed by atoms with E-state index in [9.17, 15) is 14.7 Å². The fraction of sp³-hybridized carbons (Fsp3) is 0.600. The molecule has 0 aromatic rings. The number of carbonyl (C=O) groups excluding carboxylic acids is 1. The molecule has 0 saturated carbocycles. The third kappa shape index (κ3) is 3.04. The van der Waals surface area contributed by atoms with Gasteiger partial charge in [0.25, 0.3) is 0 Å². The zero-order valence-corrected chi connectivity index (χ0v) is 8.93. The van der Waals surface area contributed by atoms with Crippen LogP contribution >= 0.6 is 0 Å². The number of hydrogen-bond donors (Lipinski definition) is 3. The maximum Gasteiger partial charge on any atom is 0.326 e. The van der Waals surface area contributed by atoms with Crippen molar-refractivity contribution in [3.8, 4) is 0 Å². The minimum atomic E-state index is -1.08. The zero-order chi connectivity index (χ0) is 12.1. The van der Waals surface area contributed by atoms with E-state index in [4.69, 9.17) is 5.11 Å². The van der Waals surface area contributed by atoms with Crippen molar-refractivity contribution in [2.24, 2.45) is 0 Å². The number of likely N-dealkylation sites (tertiary alicyclic amines) is 1. The van der Waals surface area contributed by atoms with E-state index in [1.54, 1.807) is 6.08 Å². The second-order valence-corrected chi connectivity index (χ2v) is 3.71. The van der Waals surface area contributed by atoms with E-state index in [2.05, 4.69) is 11.9 Å². The molecule has 6 nitrogen and oxygen atoms in total. The van der Waals surface area contributed by atoms with Gasteiger partial charge >= 0.3 is 5.97 Å². The first kappa shape index (κ1) is 12.7. The molecule has 16 heavy (non-hydrogen) atoms. The third-order valence-electron chi connectivity index (χ3n) is 2.45. The number of carboxylic acid groups (broad SMARTS) is 1. The summed E-state index contributed by atoms with van der Waals surface area (Å²) in [4.78, 5) is 23.7. The fourth-order valence-corrected chi connectivity index (χ4v) is 1.71. The molecule has 2 atom stereocenters. The van der Waals surface area contributed by atoms with Crippen LogP contribution in [-0.4, -0.2) is 58.8 Å². The Kier molecular flexibility index (Phi) is 4.45. The van der Waals surface area contributed by atoms with E-state index < -0.39 is 18.1 Å². The Bertz CT molecular complexity index is 293. The molecule has 3 N–H and O–H groups in total. The van der Waals surface area contributed by atoms with E-state index in [0.29, 0.717) is 6.54 Å². The van der Waals surface area contributed by atoms with Gasteiger partial charge in [-0.05, 0) is 0 Å². The van der Waals surface area contributed by atoms with Crippen molar-refractivity contribution in [3.63, 3.8) is 0 Å². The van der Waals surface area contributed by atoms with Crippen LogP contribution in [0.25, 0.3) is 0 Å². The van der Waals surface area contributed by atoms with Crippen LogP contribution in [0.2, 0.25) is 0 Å². The van der Waals surface area contributed by atoms with Crippen LogP contribution < -0.4 is 5.32 Å². The van der Waals surface area contributed by atoms with Gasteiger partial charge in [0.1, 0.15) is 6.04 Å². The fourth-order valence-electron chi connectivity index (χ4n) is 1.71. The molecule has 1 fully saturated rings. The van der Waals surface area contributed by atoms with Crippen LogP contribution in [0.5, 0.6) is 0 Å². The SMILES string of the molecule is C=CCNCC(=O)N1C[C@H](O)C[C@H]1C(=O)O. The molecule has 0 aromatic heterocycles. The molecule has 0 aliphatic carbocycles. The molecular weight excluding hydrogens is 212 g/mol. The van der Waals surface area contributed by atoms with Crippen LogP contribution in [0.3, 0.4) is 0 Å². The van der Waals surface area contributed by atoms with E-state index in [1.807, 2.05) is 0 Å². The molecule has 1 amide bonds. The number of hydrogen-bond acceptors (Lipinski definition) is 4. The summed E-state index contributed by atoms with van der Waals surface area (Å²) in [6, 6.07) is -0.909. The van der Waals surface area contributed by atoms with Gasteiger partial charge < -0.3 is 20.4 Å². The minimum absolute atomic E-state index is 0.0581. The molecule has 1 heterocycles. The maximum atomic E-state index is 11.6. The monoisotopic (exact) mass is 228 g/mol. The lowest BCUT2D eigenvalue weighted by Gasteiger charge is -2.21. The molecule has 1 aliphatic heterocycles. The van der Waals surface area contributed by atoms with Crippen LogP contribution in [0.4, 0.5) is 0 Å². The number of aliphatic hydroxyl groups is 1. The Morgan fingerprint density at radius 3 is 2.81 bits per heavy atom. The maximum absolute atomic E-state index is 11.6. The van der Waals surface area contributed by atoms with Crippen molar-refractivity contribution >= 4 is 11.9 Å². The van der Waals surface area contributed by atoms with Crippen LogP contribution in [0.15, 0.2) is 12.7 Å². The number of nitrogens with one attached hydrogen (secondary N) is 1. The number of β-amino-alcohol motifs (C(OH)–C–C–N with tert-alkyl or cyclic N) is 1. The first-order valence-corrected chi connectivity index (χ1v) is 5.08. The van der Waals surface area contributed by atoms with Gasteiger partial charge in [-0.3, -0.25) is 4.79 Å². The highest BCUT2D eigenvalue weighted by Gasteiger charge is 2.38. The Balaban J connectivity index is 2.53. The number of carbonyl (C=O) groups is 2. The molecule has 1 rings (SSSR count). The summed E-state index contributed by atoms with van der Waals surface area (Å²) in [5.74, 6) is -1.39. The molecule has 0 unspecified atom stereocenters. The molecule has 6 heteroatoms. The average Bonchev–Trinajstić information content (AvgIpc) is 2.61. The van der Waals surface area contributed by atoms with E-state index >= 15 is 0 Å². The molecule has 0 radical (unpaired) electrons. The molecule has 1 saturated heterocycles. The van der Waals surface area contributed by atoms with Crippen LogP contribution in [0, 0.1) is 0 Å². The van der Waals surface area contributed by atoms with Crippen molar-refractivity contribution in [1.82, 2.24) is 10.2 Å². The number of nitrogens with zero attached hydrogens (tertiary/aromatic N) is 1. The summed E-state index contributed by atoms with van der Waals surface area (Å²) in [6.45, 7) is 4.12. The number of carboxylic acids is 1. The molecule has 90 valence electrons. The lowest BCUT2D eigenvalue weighted by atomic mass is 10.2. The molecule has 0 bridgehead atoms.